The molecule has 1 aromatic rings. The van der Waals surface area contributed by atoms with Gasteiger partial charge in [-0.15, -0.1) is 0 Å². The van der Waals surface area contributed by atoms with Crippen LogP contribution in [-0.2, 0) is 6.42 Å². The van der Waals surface area contributed by atoms with Crippen LogP contribution < -0.4 is 5.73 Å². The molecule has 0 bridgehead atoms. The number of carbonyl (C=O) groups excluding carboxylic acids is 1. The monoisotopic (exact) mass is 252 g/mol. The van der Waals surface area contributed by atoms with Crippen LogP contribution in [0.15, 0.2) is 10.6 Å². The largest absolute Gasteiger partial charge is 0.435 e. The molecule has 0 saturated carbocycles. The van der Waals surface area contributed by atoms with Crippen molar-refractivity contribution >= 4 is 5.91 Å². The predicted octanol–water partition coefficient (Wildman–Crippen LogP) is -0.0465. The molecule has 0 atom stereocenters. The number of aromatic nitrogens is 1. The molecule has 1 aliphatic rings. The fourth-order valence-electron chi connectivity index (χ4n) is 2.07. The highest BCUT2D eigenvalue weighted by molar-refractivity contribution is 5.91. The van der Waals surface area contributed by atoms with E-state index < -0.39 is 0 Å². The first-order chi connectivity index (χ1) is 8.74. The Kier molecular flexibility index (Phi) is 4.33. The minimum absolute atomic E-state index is 0.0680. The summed E-state index contributed by atoms with van der Waals surface area (Å²) in [6.07, 6.45) is 2.07. The van der Waals surface area contributed by atoms with E-state index >= 15 is 0 Å². The first kappa shape index (κ1) is 13.0. The Labute approximate surface area is 107 Å². The van der Waals surface area contributed by atoms with Crippen molar-refractivity contribution in [1.82, 2.24) is 14.8 Å². The zero-order valence-corrected chi connectivity index (χ0v) is 10.8. The Bertz CT molecular complexity index is 397. The summed E-state index contributed by atoms with van der Waals surface area (Å²) in [7, 11) is 0. The lowest BCUT2D eigenvalue weighted by Gasteiger charge is -2.33. The molecule has 18 heavy (non-hydrogen) atoms. The number of nitrogens with zero attached hydrogens (tertiary/aromatic N) is 3. The number of piperazine rings is 1. The summed E-state index contributed by atoms with van der Waals surface area (Å²) in [5, 5.41) is 0. The predicted molar refractivity (Wildman–Crippen MR) is 67.3 cm³/mol. The maximum atomic E-state index is 12.2. The quantitative estimate of drug-likeness (QED) is 0.813. The van der Waals surface area contributed by atoms with Crippen molar-refractivity contribution in [3.8, 4) is 0 Å². The van der Waals surface area contributed by atoms with Gasteiger partial charge in [0.05, 0.1) is 6.20 Å². The molecule has 2 N–H and O–H groups in total. The van der Waals surface area contributed by atoms with Crippen LogP contribution >= 0.6 is 0 Å². The topological polar surface area (TPSA) is 75.6 Å². The van der Waals surface area contributed by atoms with Gasteiger partial charge in [0, 0.05) is 39.1 Å². The van der Waals surface area contributed by atoms with Crippen LogP contribution in [0.4, 0.5) is 0 Å². The van der Waals surface area contributed by atoms with Gasteiger partial charge in [0.2, 0.25) is 5.76 Å². The number of hydrogen-bond donors (Lipinski definition) is 1. The molecule has 0 unspecified atom stereocenters. The van der Waals surface area contributed by atoms with Gasteiger partial charge in [0.25, 0.3) is 5.91 Å². The average molecular weight is 252 g/mol. The maximum Gasteiger partial charge on any atom is 0.291 e. The number of amides is 1. The first-order valence-corrected chi connectivity index (χ1v) is 6.41. The van der Waals surface area contributed by atoms with Crippen molar-refractivity contribution in [2.45, 2.75) is 13.3 Å². The lowest BCUT2D eigenvalue weighted by Crippen LogP contribution is -2.48. The third-order valence-electron chi connectivity index (χ3n) is 3.23. The molecule has 6 nitrogen and oxygen atoms in total. The highest BCUT2D eigenvalue weighted by Gasteiger charge is 2.23. The van der Waals surface area contributed by atoms with Crippen LogP contribution in [-0.4, -0.2) is 60.0 Å². The summed E-state index contributed by atoms with van der Waals surface area (Å²) < 4.78 is 5.40. The molecule has 6 heteroatoms. The molecule has 1 amide bonds. The van der Waals surface area contributed by atoms with E-state index in [2.05, 4.69) is 16.8 Å². The number of likely N-dealkylation sites (N-methyl/N-ethyl adjacent to an activating group) is 1. The smallest absolute Gasteiger partial charge is 0.291 e. The Balaban J connectivity index is 1.94. The van der Waals surface area contributed by atoms with Crippen molar-refractivity contribution < 1.29 is 9.21 Å². The second kappa shape index (κ2) is 5.97. The van der Waals surface area contributed by atoms with E-state index in [4.69, 9.17) is 10.2 Å². The zero-order valence-electron chi connectivity index (χ0n) is 10.8. The third-order valence-corrected chi connectivity index (χ3v) is 3.23. The average Bonchev–Trinajstić information content (AvgIpc) is 2.87. The van der Waals surface area contributed by atoms with E-state index in [1.165, 1.54) is 6.20 Å². The molecule has 1 saturated heterocycles. The summed E-state index contributed by atoms with van der Waals surface area (Å²) in [6, 6.07) is 0. The van der Waals surface area contributed by atoms with E-state index in [0.29, 0.717) is 24.6 Å². The highest BCUT2D eigenvalue weighted by atomic mass is 16.4. The third kappa shape index (κ3) is 2.88. The van der Waals surface area contributed by atoms with Crippen LogP contribution in [0.25, 0.3) is 0 Å². The van der Waals surface area contributed by atoms with E-state index in [1.807, 2.05) is 4.90 Å². The van der Waals surface area contributed by atoms with Gasteiger partial charge < -0.3 is 20.0 Å². The number of rotatable bonds is 4. The molecule has 1 fully saturated rings. The minimum atomic E-state index is -0.0680. The Morgan fingerprint density at radius 1 is 1.44 bits per heavy atom. The van der Waals surface area contributed by atoms with E-state index in [-0.39, 0.29) is 5.91 Å². The van der Waals surface area contributed by atoms with Crippen LogP contribution in [0.2, 0.25) is 0 Å². The normalized spacial score (nSPS) is 17.1. The molecule has 2 rings (SSSR count). The summed E-state index contributed by atoms with van der Waals surface area (Å²) in [5.41, 5.74) is 5.42. The molecule has 0 aliphatic carbocycles. The van der Waals surface area contributed by atoms with Crippen molar-refractivity contribution in [3.63, 3.8) is 0 Å². The van der Waals surface area contributed by atoms with Crippen LogP contribution in [0.3, 0.4) is 0 Å². The van der Waals surface area contributed by atoms with Gasteiger partial charge in [-0.1, -0.05) is 6.92 Å². The Morgan fingerprint density at radius 3 is 2.78 bits per heavy atom. The minimum Gasteiger partial charge on any atom is -0.435 e. The van der Waals surface area contributed by atoms with Crippen LogP contribution in [0.5, 0.6) is 0 Å². The summed E-state index contributed by atoms with van der Waals surface area (Å²) in [5.74, 6) is 0.790. The van der Waals surface area contributed by atoms with Gasteiger partial charge in [0.15, 0.2) is 5.89 Å². The molecular weight excluding hydrogens is 232 g/mol. The van der Waals surface area contributed by atoms with Gasteiger partial charge in [-0.25, -0.2) is 4.98 Å². The molecule has 0 spiro atoms. The van der Waals surface area contributed by atoms with Crippen molar-refractivity contribution in [2.75, 3.05) is 39.3 Å². The van der Waals surface area contributed by atoms with Crippen molar-refractivity contribution in [3.05, 3.63) is 17.8 Å². The van der Waals surface area contributed by atoms with Crippen LogP contribution in [0.1, 0.15) is 23.4 Å². The fraction of sp³-hybridized carbons (Fsp3) is 0.667. The van der Waals surface area contributed by atoms with E-state index in [9.17, 15) is 4.79 Å². The second-order valence-electron chi connectivity index (χ2n) is 4.38. The molecule has 0 radical (unpaired) electrons. The SMILES string of the molecule is CCN1CCN(C(=O)c2cnc(CCN)o2)CC1. The van der Waals surface area contributed by atoms with Crippen molar-refractivity contribution in [2.24, 2.45) is 5.73 Å². The van der Waals surface area contributed by atoms with Gasteiger partial charge >= 0.3 is 0 Å². The maximum absolute atomic E-state index is 12.2. The van der Waals surface area contributed by atoms with Gasteiger partial charge in [0.1, 0.15) is 0 Å². The Hall–Kier alpha value is -1.40. The standard InChI is InChI=1S/C12H20N4O2/c1-2-15-5-7-16(8-6-15)12(17)10-9-14-11(18-10)3-4-13/h9H,2-8,13H2,1H3. The molecular formula is C12H20N4O2. The van der Waals surface area contributed by atoms with E-state index in [1.54, 1.807) is 0 Å². The summed E-state index contributed by atoms with van der Waals surface area (Å²) in [6.45, 7) is 6.98. The highest BCUT2D eigenvalue weighted by Crippen LogP contribution is 2.10. The number of oxazole rings is 1. The zero-order chi connectivity index (χ0) is 13.0. The van der Waals surface area contributed by atoms with Gasteiger partial charge in [-0.05, 0) is 6.54 Å². The molecule has 100 valence electrons. The molecule has 0 aromatic carbocycles. The van der Waals surface area contributed by atoms with Gasteiger partial charge in [-0.2, -0.15) is 0 Å². The lowest BCUT2D eigenvalue weighted by atomic mass is 10.3. The summed E-state index contributed by atoms with van der Waals surface area (Å²) in [4.78, 5) is 20.3. The molecule has 1 aromatic heterocycles. The molecule has 2 heterocycles. The summed E-state index contributed by atoms with van der Waals surface area (Å²) >= 11 is 0. The van der Waals surface area contributed by atoms with Gasteiger partial charge in [-0.3, -0.25) is 4.79 Å². The Morgan fingerprint density at radius 2 is 2.17 bits per heavy atom. The number of nitrogens with two attached hydrogens (primary N) is 1. The second-order valence-corrected chi connectivity index (χ2v) is 4.38. The first-order valence-electron chi connectivity index (χ1n) is 6.41. The number of carbonyl (C=O) groups is 1. The van der Waals surface area contributed by atoms with Crippen molar-refractivity contribution in [1.29, 1.82) is 0 Å². The molecule has 1 aliphatic heterocycles. The lowest BCUT2D eigenvalue weighted by molar-refractivity contribution is 0.0610. The number of hydrogen-bond acceptors (Lipinski definition) is 5. The van der Waals surface area contributed by atoms with Crippen LogP contribution in [0, 0.1) is 0 Å². The fourth-order valence-corrected chi connectivity index (χ4v) is 2.07. The van der Waals surface area contributed by atoms with E-state index in [0.717, 1.165) is 32.7 Å².